The van der Waals surface area contributed by atoms with Crippen molar-refractivity contribution in [1.29, 1.82) is 0 Å². The maximum atomic E-state index is 11.7. The molecule has 0 radical (unpaired) electrons. The first-order valence-corrected chi connectivity index (χ1v) is 8.68. The van der Waals surface area contributed by atoms with E-state index in [1.807, 2.05) is 36.1 Å². The van der Waals surface area contributed by atoms with Crippen LogP contribution in [0.25, 0.3) is 0 Å². The third-order valence-corrected chi connectivity index (χ3v) is 4.20. The first-order chi connectivity index (χ1) is 11.5. The first kappa shape index (κ1) is 18.2. The predicted octanol–water partition coefficient (Wildman–Crippen LogP) is 1.97. The van der Waals surface area contributed by atoms with Crippen LogP contribution in [-0.4, -0.2) is 48.0 Å². The molecule has 1 aromatic carbocycles. The van der Waals surface area contributed by atoms with Crippen molar-refractivity contribution in [3.8, 4) is 0 Å². The lowest BCUT2D eigenvalue weighted by Crippen LogP contribution is -2.48. The lowest BCUT2D eigenvalue weighted by Gasteiger charge is -2.36. The third kappa shape index (κ3) is 4.92. The van der Waals surface area contributed by atoms with E-state index in [1.165, 1.54) is 0 Å². The van der Waals surface area contributed by atoms with Crippen LogP contribution >= 0.6 is 12.2 Å². The van der Waals surface area contributed by atoms with Gasteiger partial charge in [0.05, 0.1) is 0 Å². The van der Waals surface area contributed by atoms with Gasteiger partial charge >= 0.3 is 0 Å². The molecule has 2 N–H and O–H groups in total. The molecule has 0 aliphatic carbocycles. The van der Waals surface area contributed by atoms with E-state index < -0.39 is 0 Å². The molecule has 7 heteroatoms. The van der Waals surface area contributed by atoms with Gasteiger partial charge in [-0.2, -0.15) is 0 Å². The first-order valence-electron chi connectivity index (χ1n) is 8.27. The molecule has 1 heterocycles. The van der Waals surface area contributed by atoms with Gasteiger partial charge in [-0.15, -0.1) is 0 Å². The zero-order valence-electron chi connectivity index (χ0n) is 14.2. The van der Waals surface area contributed by atoms with Crippen molar-refractivity contribution in [2.24, 2.45) is 0 Å². The van der Waals surface area contributed by atoms with Crippen LogP contribution in [0.1, 0.15) is 26.7 Å². The fourth-order valence-electron chi connectivity index (χ4n) is 2.57. The van der Waals surface area contributed by atoms with Gasteiger partial charge in [0.1, 0.15) is 0 Å². The van der Waals surface area contributed by atoms with Gasteiger partial charge in [0.2, 0.25) is 11.8 Å². The van der Waals surface area contributed by atoms with Gasteiger partial charge in [-0.05, 0) is 36.5 Å². The molecule has 130 valence electrons. The molecule has 1 aromatic rings. The van der Waals surface area contributed by atoms with Gasteiger partial charge < -0.3 is 20.4 Å². The third-order valence-electron chi connectivity index (χ3n) is 4.00. The quantitative estimate of drug-likeness (QED) is 0.815. The van der Waals surface area contributed by atoms with Gasteiger partial charge in [0.15, 0.2) is 5.11 Å². The molecule has 2 amide bonds. The second-order valence-corrected chi connectivity index (χ2v) is 6.03. The van der Waals surface area contributed by atoms with Gasteiger partial charge in [0.25, 0.3) is 0 Å². The summed E-state index contributed by atoms with van der Waals surface area (Å²) < 4.78 is 0. The van der Waals surface area contributed by atoms with Crippen LogP contribution in [0.4, 0.5) is 11.4 Å². The van der Waals surface area contributed by atoms with Crippen LogP contribution < -0.4 is 15.5 Å². The Balaban J connectivity index is 1.87. The molecule has 1 aliphatic rings. The van der Waals surface area contributed by atoms with Crippen molar-refractivity contribution in [2.45, 2.75) is 26.7 Å². The number of anilines is 2. The summed E-state index contributed by atoms with van der Waals surface area (Å²) in [6, 6.07) is 7.90. The van der Waals surface area contributed by atoms with Crippen molar-refractivity contribution in [1.82, 2.24) is 10.2 Å². The van der Waals surface area contributed by atoms with Crippen LogP contribution in [0.15, 0.2) is 24.3 Å². The van der Waals surface area contributed by atoms with E-state index in [-0.39, 0.29) is 11.8 Å². The normalized spacial score (nSPS) is 14.2. The van der Waals surface area contributed by atoms with E-state index in [1.54, 1.807) is 6.92 Å². The monoisotopic (exact) mass is 348 g/mol. The number of piperazine rings is 1. The summed E-state index contributed by atoms with van der Waals surface area (Å²) >= 11 is 5.09. The number of hydrogen-bond acceptors (Lipinski definition) is 4. The Kier molecular flexibility index (Phi) is 6.54. The minimum Gasteiger partial charge on any atom is -0.368 e. The summed E-state index contributed by atoms with van der Waals surface area (Å²) in [5.74, 6) is 0.112. The van der Waals surface area contributed by atoms with Gasteiger partial charge in [0, 0.05) is 50.4 Å². The van der Waals surface area contributed by atoms with Crippen LogP contribution in [0.3, 0.4) is 0 Å². The number of benzene rings is 1. The Labute approximate surface area is 148 Å². The van der Waals surface area contributed by atoms with Crippen molar-refractivity contribution >= 4 is 40.5 Å². The van der Waals surface area contributed by atoms with Gasteiger partial charge in [-0.3, -0.25) is 9.59 Å². The fourth-order valence-corrected chi connectivity index (χ4v) is 2.80. The SMILES string of the molecule is CCC(=O)NC(=S)Nc1ccc(N2CCN(C(=O)CC)CC2)cc1. The molecule has 1 saturated heterocycles. The van der Waals surface area contributed by atoms with E-state index in [0.717, 1.165) is 37.6 Å². The van der Waals surface area contributed by atoms with Crippen molar-refractivity contribution in [3.63, 3.8) is 0 Å². The molecular weight excluding hydrogens is 324 g/mol. The molecule has 1 aliphatic heterocycles. The Morgan fingerprint density at radius 3 is 2.21 bits per heavy atom. The highest BCUT2D eigenvalue weighted by Crippen LogP contribution is 2.19. The molecule has 2 rings (SSSR count). The van der Waals surface area contributed by atoms with Gasteiger partial charge in [-0.1, -0.05) is 13.8 Å². The molecule has 0 bridgehead atoms. The highest BCUT2D eigenvalue weighted by molar-refractivity contribution is 7.80. The number of hydrogen-bond donors (Lipinski definition) is 2. The summed E-state index contributed by atoms with van der Waals surface area (Å²) in [7, 11) is 0. The largest absolute Gasteiger partial charge is 0.368 e. The molecule has 0 saturated carbocycles. The van der Waals surface area contributed by atoms with Gasteiger partial charge in [-0.25, -0.2) is 0 Å². The Hall–Kier alpha value is -2.15. The number of thiocarbonyl (C=S) groups is 1. The molecule has 0 atom stereocenters. The topological polar surface area (TPSA) is 64.7 Å². The van der Waals surface area contributed by atoms with E-state index >= 15 is 0 Å². The van der Waals surface area contributed by atoms with E-state index in [0.29, 0.717) is 18.0 Å². The maximum Gasteiger partial charge on any atom is 0.225 e. The second-order valence-electron chi connectivity index (χ2n) is 5.62. The van der Waals surface area contributed by atoms with Crippen LogP contribution in [0, 0.1) is 0 Å². The highest BCUT2D eigenvalue weighted by Gasteiger charge is 2.19. The van der Waals surface area contributed by atoms with Crippen LogP contribution in [0.5, 0.6) is 0 Å². The minimum absolute atomic E-state index is 0.108. The van der Waals surface area contributed by atoms with Crippen molar-refractivity contribution in [2.75, 3.05) is 36.4 Å². The zero-order chi connectivity index (χ0) is 17.5. The number of rotatable bonds is 4. The molecule has 24 heavy (non-hydrogen) atoms. The summed E-state index contributed by atoms with van der Waals surface area (Å²) in [5.41, 5.74) is 1.95. The summed E-state index contributed by atoms with van der Waals surface area (Å²) in [6.07, 6.45) is 0.960. The summed E-state index contributed by atoms with van der Waals surface area (Å²) in [4.78, 5) is 27.2. The molecule has 1 fully saturated rings. The minimum atomic E-state index is -0.108. The Morgan fingerprint density at radius 1 is 1.04 bits per heavy atom. The van der Waals surface area contributed by atoms with E-state index in [2.05, 4.69) is 15.5 Å². The lowest BCUT2D eigenvalue weighted by molar-refractivity contribution is -0.131. The average molecular weight is 348 g/mol. The fraction of sp³-hybridized carbons (Fsp3) is 0.471. The molecule has 0 aromatic heterocycles. The number of nitrogens with zero attached hydrogens (tertiary/aromatic N) is 2. The van der Waals surface area contributed by atoms with Crippen molar-refractivity contribution < 1.29 is 9.59 Å². The number of carbonyl (C=O) groups excluding carboxylic acids is 2. The zero-order valence-corrected chi connectivity index (χ0v) is 15.0. The summed E-state index contributed by atoms with van der Waals surface area (Å²) in [5, 5.41) is 5.91. The average Bonchev–Trinajstić information content (AvgIpc) is 2.61. The second kappa shape index (κ2) is 8.63. The Bertz CT molecular complexity index is 595. The van der Waals surface area contributed by atoms with E-state index in [4.69, 9.17) is 12.2 Å². The number of carbonyl (C=O) groups is 2. The molecule has 6 nitrogen and oxygen atoms in total. The lowest BCUT2D eigenvalue weighted by atomic mass is 10.2. The maximum absolute atomic E-state index is 11.7. The standard InChI is InChI=1S/C17H24N4O2S/c1-3-15(22)19-17(24)18-13-5-7-14(8-6-13)20-9-11-21(12-10-20)16(23)4-2/h5-8H,3-4,9-12H2,1-2H3,(H2,18,19,22,24). The van der Waals surface area contributed by atoms with Crippen molar-refractivity contribution in [3.05, 3.63) is 24.3 Å². The Morgan fingerprint density at radius 2 is 1.67 bits per heavy atom. The molecule has 0 unspecified atom stereocenters. The summed E-state index contributed by atoms with van der Waals surface area (Å²) in [6.45, 7) is 6.88. The van der Waals surface area contributed by atoms with Crippen LogP contribution in [0.2, 0.25) is 0 Å². The smallest absolute Gasteiger partial charge is 0.225 e. The predicted molar refractivity (Wildman–Crippen MR) is 100 cm³/mol. The molecule has 0 spiro atoms. The molecular formula is C17H24N4O2S. The number of nitrogens with one attached hydrogen (secondary N) is 2. The van der Waals surface area contributed by atoms with Crippen LogP contribution in [-0.2, 0) is 9.59 Å². The number of amides is 2. The van der Waals surface area contributed by atoms with E-state index in [9.17, 15) is 9.59 Å². The highest BCUT2D eigenvalue weighted by atomic mass is 32.1.